The Morgan fingerprint density at radius 2 is 1.71 bits per heavy atom. The SMILES string of the molecule is Cc1cc(C(=O)Nc2ccccc2Cl)nc(Nc2ccccc2OC(C)C)n1. The lowest BCUT2D eigenvalue weighted by atomic mass is 10.2. The van der Waals surface area contributed by atoms with Crippen molar-refractivity contribution in [2.45, 2.75) is 26.9 Å². The fourth-order valence-corrected chi connectivity index (χ4v) is 2.72. The molecule has 3 rings (SSSR count). The first-order valence-corrected chi connectivity index (χ1v) is 9.24. The molecule has 1 amide bonds. The molecular formula is C21H21ClN4O2. The molecule has 28 heavy (non-hydrogen) atoms. The molecule has 7 heteroatoms. The highest BCUT2D eigenvalue weighted by Gasteiger charge is 2.14. The van der Waals surface area contributed by atoms with Gasteiger partial charge in [0.2, 0.25) is 5.95 Å². The Labute approximate surface area is 168 Å². The van der Waals surface area contributed by atoms with E-state index < -0.39 is 0 Å². The largest absolute Gasteiger partial charge is 0.489 e. The smallest absolute Gasteiger partial charge is 0.274 e. The lowest BCUT2D eigenvalue weighted by Crippen LogP contribution is -2.16. The average Bonchev–Trinajstić information content (AvgIpc) is 2.64. The topological polar surface area (TPSA) is 76.1 Å². The van der Waals surface area contributed by atoms with Crippen molar-refractivity contribution in [3.05, 3.63) is 71.0 Å². The van der Waals surface area contributed by atoms with E-state index in [2.05, 4.69) is 20.6 Å². The standard InChI is InChI=1S/C21H21ClN4O2/c1-13(2)28-19-11-7-6-10-17(19)25-21-23-14(3)12-18(26-21)20(27)24-16-9-5-4-8-15(16)22/h4-13H,1-3H3,(H,24,27)(H,23,25,26). The molecule has 0 bridgehead atoms. The molecule has 3 aromatic rings. The summed E-state index contributed by atoms with van der Waals surface area (Å²) in [6.07, 6.45) is 0.0262. The summed E-state index contributed by atoms with van der Waals surface area (Å²) in [7, 11) is 0. The molecule has 0 radical (unpaired) electrons. The summed E-state index contributed by atoms with van der Waals surface area (Å²) in [5, 5.41) is 6.36. The molecule has 0 aliphatic heterocycles. The third kappa shape index (κ3) is 4.98. The fourth-order valence-electron chi connectivity index (χ4n) is 2.54. The molecule has 6 nitrogen and oxygen atoms in total. The van der Waals surface area contributed by atoms with Crippen molar-refractivity contribution in [3.8, 4) is 5.75 Å². The molecule has 0 saturated heterocycles. The van der Waals surface area contributed by atoms with E-state index in [0.717, 1.165) is 5.69 Å². The normalized spacial score (nSPS) is 10.6. The van der Waals surface area contributed by atoms with Crippen LogP contribution in [0.3, 0.4) is 0 Å². The number of anilines is 3. The molecule has 144 valence electrons. The van der Waals surface area contributed by atoms with E-state index in [1.54, 1.807) is 37.3 Å². The lowest BCUT2D eigenvalue weighted by Gasteiger charge is -2.15. The van der Waals surface area contributed by atoms with Gasteiger partial charge in [0.1, 0.15) is 11.4 Å². The zero-order valence-corrected chi connectivity index (χ0v) is 16.6. The van der Waals surface area contributed by atoms with Crippen LogP contribution in [0.1, 0.15) is 30.0 Å². The molecule has 0 aliphatic carbocycles. The van der Waals surface area contributed by atoms with Gasteiger partial charge >= 0.3 is 0 Å². The summed E-state index contributed by atoms with van der Waals surface area (Å²) in [6, 6.07) is 16.2. The number of ether oxygens (including phenoxy) is 1. The van der Waals surface area contributed by atoms with E-state index >= 15 is 0 Å². The van der Waals surface area contributed by atoms with Crippen molar-refractivity contribution in [3.63, 3.8) is 0 Å². The molecule has 2 N–H and O–H groups in total. The van der Waals surface area contributed by atoms with Crippen LogP contribution in [-0.2, 0) is 0 Å². The van der Waals surface area contributed by atoms with Crippen molar-refractivity contribution in [1.29, 1.82) is 0 Å². The average molecular weight is 397 g/mol. The van der Waals surface area contributed by atoms with Crippen LogP contribution in [0.25, 0.3) is 0 Å². The second kappa shape index (κ2) is 8.71. The van der Waals surface area contributed by atoms with E-state index in [9.17, 15) is 4.79 Å². The van der Waals surface area contributed by atoms with Crippen molar-refractivity contribution < 1.29 is 9.53 Å². The number of halogens is 1. The summed E-state index contributed by atoms with van der Waals surface area (Å²) >= 11 is 6.11. The Morgan fingerprint density at radius 1 is 1.04 bits per heavy atom. The van der Waals surface area contributed by atoms with Crippen LogP contribution in [0, 0.1) is 6.92 Å². The molecule has 2 aromatic carbocycles. The van der Waals surface area contributed by atoms with Gasteiger partial charge in [-0.25, -0.2) is 9.97 Å². The Hall–Kier alpha value is -3.12. The highest BCUT2D eigenvalue weighted by Crippen LogP contribution is 2.27. The van der Waals surface area contributed by atoms with E-state index in [4.69, 9.17) is 16.3 Å². The summed E-state index contributed by atoms with van der Waals surface area (Å²) in [5.41, 5.74) is 2.14. The lowest BCUT2D eigenvalue weighted by molar-refractivity contribution is 0.102. The molecule has 0 fully saturated rings. The zero-order chi connectivity index (χ0) is 20.1. The number of nitrogens with one attached hydrogen (secondary N) is 2. The van der Waals surface area contributed by atoms with Gasteiger partial charge in [0.15, 0.2) is 0 Å². The van der Waals surface area contributed by atoms with Gasteiger partial charge in [-0.2, -0.15) is 0 Å². The maximum absolute atomic E-state index is 12.6. The highest BCUT2D eigenvalue weighted by molar-refractivity contribution is 6.33. The predicted octanol–water partition coefficient (Wildman–Crippen LogP) is 5.22. The Morgan fingerprint density at radius 3 is 2.43 bits per heavy atom. The van der Waals surface area contributed by atoms with Crippen molar-refractivity contribution >= 4 is 34.8 Å². The Kier molecular flexibility index (Phi) is 6.11. The molecule has 1 aromatic heterocycles. The first kappa shape index (κ1) is 19.6. The monoisotopic (exact) mass is 396 g/mol. The summed E-state index contributed by atoms with van der Waals surface area (Å²) in [6.45, 7) is 5.71. The van der Waals surface area contributed by atoms with Crippen LogP contribution in [0.15, 0.2) is 54.6 Å². The molecule has 1 heterocycles. The van der Waals surface area contributed by atoms with Gasteiger partial charge in [-0.3, -0.25) is 4.79 Å². The zero-order valence-electron chi connectivity index (χ0n) is 15.9. The van der Waals surface area contributed by atoms with E-state index in [1.807, 2.05) is 38.1 Å². The van der Waals surface area contributed by atoms with Gasteiger partial charge in [-0.1, -0.05) is 35.9 Å². The van der Waals surface area contributed by atoms with Crippen LogP contribution in [0.5, 0.6) is 5.75 Å². The number of carbonyl (C=O) groups is 1. The third-order valence-electron chi connectivity index (χ3n) is 3.71. The van der Waals surface area contributed by atoms with Crippen LogP contribution in [0.4, 0.5) is 17.3 Å². The van der Waals surface area contributed by atoms with Gasteiger partial charge in [0.25, 0.3) is 5.91 Å². The first-order valence-electron chi connectivity index (χ1n) is 8.86. The Bertz CT molecular complexity index is 992. The van der Waals surface area contributed by atoms with Crippen molar-refractivity contribution in [2.24, 2.45) is 0 Å². The minimum absolute atomic E-state index is 0.0262. The Balaban J connectivity index is 1.84. The molecule has 0 atom stereocenters. The van der Waals surface area contributed by atoms with Crippen LogP contribution in [-0.4, -0.2) is 22.0 Å². The number of benzene rings is 2. The number of rotatable bonds is 6. The summed E-state index contributed by atoms with van der Waals surface area (Å²) in [4.78, 5) is 21.3. The van der Waals surface area contributed by atoms with E-state index in [0.29, 0.717) is 28.1 Å². The summed E-state index contributed by atoms with van der Waals surface area (Å²) < 4.78 is 5.81. The number of carbonyl (C=O) groups excluding carboxylic acids is 1. The van der Waals surface area contributed by atoms with Gasteiger partial charge in [-0.15, -0.1) is 0 Å². The minimum atomic E-state index is -0.367. The van der Waals surface area contributed by atoms with Gasteiger partial charge in [0.05, 0.1) is 22.5 Å². The molecule has 0 spiro atoms. The quantitative estimate of drug-likeness (QED) is 0.597. The van der Waals surface area contributed by atoms with Gasteiger partial charge in [-0.05, 0) is 51.1 Å². The number of amides is 1. The number of hydrogen-bond acceptors (Lipinski definition) is 5. The molecule has 0 aliphatic rings. The van der Waals surface area contributed by atoms with Gasteiger partial charge < -0.3 is 15.4 Å². The van der Waals surface area contributed by atoms with E-state index in [-0.39, 0.29) is 17.7 Å². The number of para-hydroxylation sites is 3. The maximum atomic E-state index is 12.6. The van der Waals surface area contributed by atoms with Crippen molar-refractivity contribution in [2.75, 3.05) is 10.6 Å². The van der Waals surface area contributed by atoms with Gasteiger partial charge in [0, 0.05) is 5.69 Å². The molecule has 0 saturated carbocycles. The fraction of sp³-hybridized carbons (Fsp3) is 0.190. The van der Waals surface area contributed by atoms with Crippen LogP contribution >= 0.6 is 11.6 Å². The van der Waals surface area contributed by atoms with E-state index in [1.165, 1.54) is 0 Å². The number of aryl methyl sites for hydroxylation is 1. The second-order valence-corrected chi connectivity index (χ2v) is 6.85. The second-order valence-electron chi connectivity index (χ2n) is 6.44. The maximum Gasteiger partial charge on any atom is 0.274 e. The first-order chi connectivity index (χ1) is 13.4. The molecular weight excluding hydrogens is 376 g/mol. The van der Waals surface area contributed by atoms with Crippen LogP contribution < -0.4 is 15.4 Å². The van der Waals surface area contributed by atoms with Crippen LogP contribution in [0.2, 0.25) is 5.02 Å². The molecule has 0 unspecified atom stereocenters. The summed E-state index contributed by atoms with van der Waals surface area (Å²) in [5.74, 6) is 0.627. The van der Waals surface area contributed by atoms with Crippen molar-refractivity contribution in [1.82, 2.24) is 9.97 Å². The minimum Gasteiger partial charge on any atom is -0.489 e. The third-order valence-corrected chi connectivity index (χ3v) is 4.03. The highest BCUT2D eigenvalue weighted by atomic mass is 35.5. The number of aromatic nitrogens is 2. The number of nitrogens with zero attached hydrogens (tertiary/aromatic N) is 2. The predicted molar refractivity (Wildman–Crippen MR) is 112 cm³/mol. The number of hydrogen-bond donors (Lipinski definition) is 2.